The predicted octanol–water partition coefficient (Wildman–Crippen LogP) is 3.02. The summed E-state index contributed by atoms with van der Waals surface area (Å²) in [6.45, 7) is 1.71. The molecule has 0 atom stereocenters. The van der Waals surface area contributed by atoms with E-state index >= 15 is 0 Å². The maximum absolute atomic E-state index is 14.3. The minimum absolute atomic E-state index is 0.177. The molecule has 1 heterocycles. The largest absolute Gasteiger partial charge is 0.373 e. The summed E-state index contributed by atoms with van der Waals surface area (Å²) in [5.74, 6) is -0.997. The second-order valence-corrected chi connectivity index (χ2v) is 9.20. The molecular formula is C23H26FN7O2. The molecular weight excluding hydrogens is 425 g/mol. The molecule has 2 saturated carbocycles. The highest BCUT2D eigenvalue weighted by Crippen LogP contribution is 2.59. The number of nitrogens with zero attached hydrogens (tertiary/aromatic N) is 5. The number of rotatable bonds is 7. The van der Waals surface area contributed by atoms with Crippen molar-refractivity contribution in [2.75, 3.05) is 29.2 Å². The molecule has 33 heavy (non-hydrogen) atoms. The third kappa shape index (κ3) is 3.73. The van der Waals surface area contributed by atoms with Gasteiger partial charge in [-0.2, -0.15) is 10.2 Å². The first-order valence-electron chi connectivity index (χ1n) is 10.7. The van der Waals surface area contributed by atoms with Crippen LogP contribution in [0.15, 0.2) is 18.3 Å². The normalized spacial score (nSPS) is 23.1. The third-order valence-corrected chi connectivity index (χ3v) is 6.94. The Morgan fingerprint density at radius 3 is 2.55 bits per heavy atom. The molecule has 2 amide bonds. The quantitative estimate of drug-likeness (QED) is 0.619. The van der Waals surface area contributed by atoms with E-state index in [0.717, 1.165) is 32.1 Å². The summed E-state index contributed by atoms with van der Waals surface area (Å²) in [5.41, 5.74) is 5.79. The van der Waals surface area contributed by atoms with Gasteiger partial charge in [0.2, 0.25) is 12.4 Å². The fraction of sp³-hybridized carbons (Fsp3) is 0.435. The number of anilines is 4. The maximum atomic E-state index is 14.3. The molecule has 2 fully saturated rings. The molecule has 1 aromatic carbocycles. The second-order valence-electron chi connectivity index (χ2n) is 9.20. The van der Waals surface area contributed by atoms with Crippen LogP contribution in [0.2, 0.25) is 0 Å². The van der Waals surface area contributed by atoms with Crippen LogP contribution in [0, 0.1) is 29.5 Å². The van der Waals surface area contributed by atoms with Gasteiger partial charge in [0.15, 0.2) is 5.82 Å². The Balaban J connectivity index is 1.73. The Morgan fingerprint density at radius 1 is 1.30 bits per heavy atom. The molecule has 1 aromatic heterocycles. The fourth-order valence-electron chi connectivity index (χ4n) is 5.09. The van der Waals surface area contributed by atoms with Crippen molar-refractivity contribution in [1.82, 2.24) is 9.97 Å². The molecule has 3 N–H and O–H groups in total. The van der Waals surface area contributed by atoms with Crippen LogP contribution in [0.3, 0.4) is 0 Å². The van der Waals surface area contributed by atoms with E-state index in [4.69, 9.17) is 5.73 Å². The predicted molar refractivity (Wildman–Crippen MR) is 122 cm³/mol. The van der Waals surface area contributed by atoms with Gasteiger partial charge in [0, 0.05) is 19.8 Å². The number of carbonyl (C=O) groups is 2. The highest BCUT2D eigenvalue weighted by atomic mass is 19.1. The van der Waals surface area contributed by atoms with E-state index in [0.29, 0.717) is 29.2 Å². The average molecular weight is 452 g/mol. The summed E-state index contributed by atoms with van der Waals surface area (Å²) < 4.78 is 14.3. The van der Waals surface area contributed by atoms with Crippen molar-refractivity contribution in [3.8, 4) is 6.07 Å². The monoisotopic (exact) mass is 451 g/mol. The SMILES string of the molecule is Cc1cc(C(N)=O)c(F)cc1Nc1ncc(N(C)C)c(N(C=O)C23CCC(C#N)(CC2)C3)n1. The molecule has 0 spiro atoms. The first-order valence-corrected chi connectivity index (χ1v) is 10.7. The summed E-state index contributed by atoms with van der Waals surface area (Å²) in [4.78, 5) is 36.2. The number of hydrogen-bond acceptors (Lipinski definition) is 7. The lowest BCUT2D eigenvalue weighted by atomic mass is 9.85. The van der Waals surface area contributed by atoms with E-state index in [2.05, 4.69) is 21.4 Å². The van der Waals surface area contributed by atoms with Crippen molar-refractivity contribution in [2.45, 2.75) is 44.6 Å². The molecule has 0 saturated heterocycles. The van der Waals surface area contributed by atoms with E-state index in [9.17, 15) is 19.2 Å². The van der Waals surface area contributed by atoms with Gasteiger partial charge in [-0.15, -0.1) is 0 Å². The number of nitrogens with one attached hydrogen (secondary N) is 1. The summed E-state index contributed by atoms with van der Waals surface area (Å²) in [7, 11) is 3.67. The Bertz CT molecular complexity index is 1170. The van der Waals surface area contributed by atoms with Crippen molar-refractivity contribution >= 4 is 35.5 Å². The van der Waals surface area contributed by atoms with Crippen molar-refractivity contribution in [3.05, 3.63) is 35.3 Å². The lowest BCUT2D eigenvalue weighted by Crippen LogP contribution is -2.46. The van der Waals surface area contributed by atoms with Gasteiger partial charge in [-0.1, -0.05) is 0 Å². The lowest BCUT2D eigenvalue weighted by molar-refractivity contribution is -0.108. The van der Waals surface area contributed by atoms with E-state index in [1.165, 1.54) is 12.1 Å². The van der Waals surface area contributed by atoms with Crippen molar-refractivity contribution < 1.29 is 14.0 Å². The van der Waals surface area contributed by atoms with E-state index in [1.54, 1.807) is 18.0 Å². The van der Waals surface area contributed by atoms with Crippen LogP contribution in [-0.4, -0.2) is 41.9 Å². The van der Waals surface area contributed by atoms with Crippen molar-refractivity contribution in [1.29, 1.82) is 5.26 Å². The summed E-state index contributed by atoms with van der Waals surface area (Å²) in [6, 6.07) is 5.00. The van der Waals surface area contributed by atoms with Gasteiger partial charge in [-0.3, -0.25) is 14.5 Å². The number of hydrogen-bond donors (Lipinski definition) is 2. The Hall–Kier alpha value is -3.74. The first kappa shape index (κ1) is 22.5. The first-order chi connectivity index (χ1) is 15.6. The average Bonchev–Trinajstić information content (AvgIpc) is 3.34. The van der Waals surface area contributed by atoms with Gasteiger partial charge in [0.25, 0.3) is 5.91 Å². The van der Waals surface area contributed by atoms with Crippen molar-refractivity contribution in [3.63, 3.8) is 0 Å². The van der Waals surface area contributed by atoms with Crippen LogP contribution >= 0.6 is 0 Å². The molecule has 0 unspecified atom stereocenters. The van der Waals surface area contributed by atoms with E-state index < -0.39 is 17.3 Å². The zero-order valence-corrected chi connectivity index (χ0v) is 18.9. The number of nitriles is 1. The number of halogens is 1. The number of primary amides is 1. The Morgan fingerprint density at radius 2 is 2.00 bits per heavy atom. The number of benzene rings is 1. The molecule has 172 valence electrons. The maximum Gasteiger partial charge on any atom is 0.251 e. The Kier molecular flexibility index (Phi) is 5.44. The molecule has 2 aliphatic rings. The Labute approximate surface area is 191 Å². The summed E-state index contributed by atoms with van der Waals surface area (Å²) >= 11 is 0. The lowest BCUT2D eigenvalue weighted by Gasteiger charge is -2.37. The molecule has 0 radical (unpaired) electrons. The number of fused-ring (bicyclic) bond motifs is 2. The zero-order valence-electron chi connectivity index (χ0n) is 18.9. The smallest absolute Gasteiger partial charge is 0.251 e. The zero-order chi connectivity index (χ0) is 24.0. The number of carbonyl (C=O) groups excluding carboxylic acids is 2. The van der Waals surface area contributed by atoms with Gasteiger partial charge in [0.05, 0.1) is 34.5 Å². The van der Waals surface area contributed by atoms with Crippen LogP contribution < -0.4 is 20.9 Å². The van der Waals surface area contributed by atoms with Crippen LogP contribution in [0.1, 0.15) is 48.0 Å². The minimum atomic E-state index is -0.849. The highest BCUT2D eigenvalue weighted by Gasteiger charge is 2.58. The number of aromatic nitrogens is 2. The highest BCUT2D eigenvalue weighted by molar-refractivity contribution is 5.94. The molecule has 0 aliphatic heterocycles. The minimum Gasteiger partial charge on any atom is -0.373 e. The van der Waals surface area contributed by atoms with E-state index in [-0.39, 0.29) is 16.9 Å². The molecule has 2 bridgehead atoms. The van der Waals surface area contributed by atoms with Crippen molar-refractivity contribution in [2.24, 2.45) is 11.1 Å². The second kappa shape index (κ2) is 7.99. The van der Waals surface area contributed by atoms with Crippen LogP contribution in [0.4, 0.5) is 27.5 Å². The molecule has 2 aromatic rings. The number of nitrogens with two attached hydrogens (primary N) is 1. The van der Waals surface area contributed by atoms with Crippen LogP contribution in [0.5, 0.6) is 0 Å². The standard InChI is InChI=1S/C23H26FN7O2/c1-14-8-15(19(26)33)16(24)9-17(14)28-21-27-10-18(30(2)3)20(29-21)31(13-32)23-6-4-22(11-23,12-25)5-7-23/h8-10,13H,4-7,11H2,1-3H3,(H2,26,33)(H,27,28,29). The molecule has 10 heteroatoms. The van der Waals surface area contributed by atoms with Crippen LogP contribution in [0.25, 0.3) is 0 Å². The van der Waals surface area contributed by atoms with Crippen LogP contribution in [-0.2, 0) is 4.79 Å². The van der Waals surface area contributed by atoms with Gasteiger partial charge < -0.3 is 16.0 Å². The third-order valence-electron chi connectivity index (χ3n) is 6.94. The fourth-order valence-corrected chi connectivity index (χ4v) is 5.09. The summed E-state index contributed by atoms with van der Waals surface area (Å²) in [5, 5.41) is 12.7. The summed E-state index contributed by atoms with van der Waals surface area (Å²) in [6.07, 6.45) is 5.98. The van der Waals surface area contributed by atoms with Gasteiger partial charge in [-0.05, 0) is 56.7 Å². The van der Waals surface area contributed by atoms with E-state index in [1.807, 2.05) is 19.0 Å². The van der Waals surface area contributed by atoms with Gasteiger partial charge in [-0.25, -0.2) is 9.37 Å². The number of amides is 2. The number of aryl methyl sites for hydroxylation is 1. The molecule has 4 rings (SSSR count). The topological polar surface area (TPSA) is 128 Å². The van der Waals surface area contributed by atoms with Gasteiger partial charge >= 0.3 is 0 Å². The molecule has 2 aliphatic carbocycles. The molecule has 9 nitrogen and oxygen atoms in total. The van der Waals surface area contributed by atoms with Gasteiger partial charge in [0.1, 0.15) is 5.82 Å².